The first-order valence-corrected chi connectivity index (χ1v) is 20.6. The second-order valence-electron chi connectivity index (χ2n) is 13.7. The Balaban J connectivity index is -0.000000648. The molecule has 0 aliphatic carbocycles. The summed E-state index contributed by atoms with van der Waals surface area (Å²) in [4.78, 5) is 21.2. The van der Waals surface area contributed by atoms with Crippen LogP contribution in [0.2, 0.25) is 0 Å². The van der Waals surface area contributed by atoms with E-state index < -0.39 is 18.2 Å². The van der Waals surface area contributed by atoms with Gasteiger partial charge in [-0.25, -0.2) is 0 Å². The van der Waals surface area contributed by atoms with Crippen molar-refractivity contribution in [2.24, 2.45) is 17.3 Å². The number of aliphatic hydroxyl groups is 2. The molecule has 0 fully saturated rings. The smallest absolute Gasteiger partial charge is 0.307 e. The van der Waals surface area contributed by atoms with Gasteiger partial charge >= 0.3 is 11.9 Å². The normalized spacial score (nSPS) is 12.6. The Morgan fingerprint density at radius 3 is 0.933 bits per heavy atom. The third-order valence-electron chi connectivity index (χ3n) is 7.64. The number of aliphatic hydroxyl groups excluding tert-OH is 1. The van der Waals surface area contributed by atoms with Crippen LogP contribution < -0.4 is 0 Å². The molecule has 0 aromatic heterocycles. The van der Waals surface area contributed by atoms with E-state index in [-0.39, 0.29) is 17.3 Å². The summed E-state index contributed by atoms with van der Waals surface area (Å²) in [6.07, 6.45) is 26.1. The van der Waals surface area contributed by atoms with Crippen LogP contribution in [0.3, 0.4) is 0 Å². The lowest BCUT2D eigenvalue weighted by Gasteiger charge is -2.19. The van der Waals surface area contributed by atoms with Gasteiger partial charge in [0.1, 0.15) is 0 Å². The van der Waals surface area contributed by atoms with Crippen LogP contribution in [0.5, 0.6) is 0 Å². The van der Waals surface area contributed by atoms with E-state index in [2.05, 4.69) is 13.8 Å². The maximum absolute atomic E-state index is 10.6. The van der Waals surface area contributed by atoms with Gasteiger partial charge in [-0.3, -0.25) is 9.59 Å². The Labute approximate surface area is 288 Å². The molecule has 272 valence electrons. The summed E-state index contributed by atoms with van der Waals surface area (Å²) in [6, 6.07) is 0. The molecule has 0 spiro atoms. The summed E-state index contributed by atoms with van der Waals surface area (Å²) in [5.41, 5.74) is -0.389. The van der Waals surface area contributed by atoms with Gasteiger partial charge in [-0.05, 0) is 24.3 Å². The van der Waals surface area contributed by atoms with Crippen LogP contribution in [-0.2, 0) is 9.59 Å². The van der Waals surface area contributed by atoms with Crippen LogP contribution in [0.1, 0.15) is 177 Å². The van der Waals surface area contributed by atoms with Crippen LogP contribution in [0, 0.1) is 17.3 Å². The fourth-order valence-electron chi connectivity index (χ4n) is 4.05. The molecule has 0 aliphatic rings. The molecular weight excluding hydrogens is 605 g/mol. The van der Waals surface area contributed by atoms with E-state index in [9.17, 15) is 9.59 Å². The SMILES string of the molecule is CC(C)(C)C(O)O.CCCCCCCCCCCCSCC(C)C(=O)O.CCCCCCCCCCCCSCC(C)C(=O)O. The van der Waals surface area contributed by atoms with Gasteiger partial charge in [0, 0.05) is 16.9 Å². The molecule has 2 unspecified atom stereocenters. The average Bonchev–Trinajstić information content (AvgIpc) is 2.98. The minimum Gasteiger partial charge on any atom is -0.481 e. The predicted octanol–water partition coefficient (Wildman–Crippen LogP) is 11.1. The quantitative estimate of drug-likeness (QED) is 0.0477. The number of unbranched alkanes of at least 4 members (excludes halogenated alkanes) is 18. The Hall–Kier alpha value is -0.440. The standard InChI is InChI=1S/2C16H32O2S.C5H12O2/c2*1-3-4-5-6-7-8-9-10-11-12-13-19-14-15(2)16(17)18;1-5(2,3)4(6)7/h2*15H,3-14H2,1-2H3,(H,17,18);4,6-7H,1-3H3. The van der Waals surface area contributed by atoms with Gasteiger partial charge < -0.3 is 20.4 Å². The van der Waals surface area contributed by atoms with E-state index in [1.807, 2.05) is 0 Å². The number of carbonyl (C=O) groups is 2. The molecule has 0 aromatic carbocycles. The second kappa shape index (κ2) is 36.4. The van der Waals surface area contributed by atoms with E-state index in [0.29, 0.717) is 0 Å². The molecule has 6 nitrogen and oxygen atoms in total. The number of carboxylic acid groups (broad SMARTS) is 2. The highest BCUT2D eigenvalue weighted by Gasteiger charge is 2.18. The van der Waals surface area contributed by atoms with Gasteiger partial charge in [0.05, 0.1) is 11.8 Å². The lowest BCUT2D eigenvalue weighted by Crippen LogP contribution is -2.24. The number of rotatable bonds is 28. The topological polar surface area (TPSA) is 115 Å². The van der Waals surface area contributed by atoms with E-state index in [4.69, 9.17) is 20.4 Å². The highest BCUT2D eigenvalue weighted by atomic mass is 32.2. The van der Waals surface area contributed by atoms with Gasteiger partial charge in [0.15, 0.2) is 6.29 Å². The van der Waals surface area contributed by atoms with Crippen LogP contribution >= 0.6 is 23.5 Å². The molecule has 0 bridgehead atoms. The van der Waals surface area contributed by atoms with Crippen molar-refractivity contribution in [1.29, 1.82) is 0 Å². The fourth-order valence-corrected chi connectivity index (χ4v) is 6.19. The summed E-state index contributed by atoms with van der Waals surface area (Å²) < 4.78 is 0. The Kier molecular flexibility index (Phi) is 39.6. The van der Waals surface area contributed by atoms with Gasteiger partial charge in [-0.1, -0.05) is 164 Å². The van der Waals surface area contributed by atoms with Gasteiger partial charge in [0.25, 0.3) is 0 Å². The number of hydrogen-bond acceptors (Lipinski definition) is 6. The van der Waals surface area contributed by atoms with Gasteiger partial charge in [-0.15, -0.1) is 0 Å². The maximum atomic E-state index is 10.6. The Morgan fingerprint density at radius 1 is 0.511 bits per heavy atom. The summed E-state index contributed by atoms with van der Waals surface area (Å²) in [7, 11) is 0. The molecule has 0 saturated carbocycles. The zero-order chi connectivity index (χ0) is 34.8. The largest absolute Gasteiger partial charge is 0.481 e. The number of carboxylic acids is 2. The molecule has 0 rings (SSSR count). The second-order valence-corrected chi connectivity index (χ2v) is 16.0. The molecule has 2 atom stereocenters. The Morgan fingerprint density at radius 2 is 0.733 bits per heavy atom. The number of thioether (sulfide) groups is 2. The average molecular weight is 681 g/mol. The van der Waals surface area contributed by atoms with E-state index >= 15 is 0 Å². The van der Waals surface area contributed by atoms with Crippen molar-refractivity contribution in [2.75, 3.05) is 23.0 Å². The van der Waals surface area contributed by atoms with Crippen LogP contribution in [0.15, 0.2) is 0 Å². The first kappa shape index (κ1) is 49.0. The highest BCUT2D eigenvalue weighted by Crippen LogP contribution is 2.17. The predicted molar refractivity (Wildman–Crippen MR) is 200 cm³/mol. The van der Waals surface area contributed by atoms with Crippen LogP contribution in [0.25, 0.3) is 0 Å². The van der Waals surface area contributed by atoms with Gasteiger partial charge in [0.2, 0.25) is 0 Å². The molecule has 0 amide bonds. The summed E-state index contributed by atoms with van der Waals surface area (Å²) in [5, 5.41) is 34.4. The molecule has 0 aliphatic heterocycles. The van der Waals surface area contributed by atoms with Crippen molar-refractivity contribution >= 4 is 35.5 Å². The van der Waals surface area contributed by atoms with Crippen molar-refractivity contribution < 1.29 is 30.0 Å². The minimum atomic E-state index is -1.20. The molecule has 8 heteroatoms. The molecule has 45 heavy (non-hydrogen) atoms. The zero-order valence-electron chi connectivity index (χ0n) is 30.6. The van der Waals surface area contributed by atoms with Gasteiger partial charge in [-0.2, -0.15) is 23.5 Å². The number of hydrogen-bond donors (Lipinski definition) is 4. The molecule has 0 aromatic rings. The lowest BCUT2D eigenvalue weighted by atomic mass is 9.96. The third kappa shape index (κ3) is 43.6. The van der Waals surface area contributed by atoms with Crippen LogP contribution in [-0.4, -0.2) is 61.7 Å². The minimum absolute atomic E-state index is 0.201. The zero-order valence-corrected chi connectivity index (χ0v) is 32.3. The summed E-state index contributed by atoms with van der Waals surface area (Å²) in [6.45, 7) is 13.4. The first-order valence-electron chi connectivity index (χ1n) is 18.3. The summed E-state index contributed by atoms with van der Waals surface area (Å²) in [5.74, 6) is 2.01. The first-order chi connectivity index (χ1) is 21.3. The van der Waals surface area contributed by atoms with E-state index in [1.165, 1.54) is 128 Å². The van der Waals surface area contributed by atoms with E-state index in [0.717, 1.165) is 23.0 Å². The highest BCUT2D eigenvalue weighted by molar-refractivity contribution is 7.99. The van der Waals surface area contributed by atoms with Crippen molar-refractivity contribution in [2.45, 2.75) is 183 Å². The molecule has 0 saturated heterocycles. The van der Waals surface area contributed by atoms with Crippen molar-refractivity contribution in [1.82, 2.24) is 0 Å². The number of aliphatic carboxylic acids is 2. The summed E-state index contributed by atoms with van der Waals surface area (Å²) >= 11 is 3.57. The van der Waals surface area contributed by atoms with Crippen molar-refractivity contribution in [3.8, 4) is 0 Å². The molecule has 0 heterocycles. The third-order valence-corrected chi connectivity index (χ3v) is 10.3. The monoisotopic (exact) mass is 681 g/mol. The van der Waals surface area contributed by atoms with Crippen LogP contribution in [0.4, 0.5) is 0 Å². The maximum Gasteiger partial charge on any atom is 0.307 e. The van der Waals surface area contributed by atoms with Crippen molar-refractivity contribution in [3.63, 3.8) is 0 Å². The lowest BCUT2D eigenvalue weighted by molar-refractivity contribution is -0.141. The van der Waals surface area contributed by atoms with E-state index in [1.54, 1.807) is 58.1 Å². The Bertz CT molecular complexity index is 581. The van der Waals surface area contributed by atoms with Crippen molar-refractivity contribution in [3.05, 3.63) is 0 Å². The fraction of sp³-hybridized carbons (Fsp3) is 0.946. The molecule has 4 N–H and O–H groups in total. The molecular formula is C37H76O6S2. The molecule has 0 radical (unpaired) electrons.